The van der Waals surface area contributed by atoms with Crippen LogP contribution in [0.1, 0.15) is 25.0 Å². The van der Waals surface area contributed by atoms with E-state index < -0.39 is 0 Å². The Kier molecular flexibility index (Phi) is 7.31. The molecule has 30 heavy (non-hydrogen) atoms. The zero-order valence-electron chi connectivity index (χ0n) is 16.9. The number of carbonyl (C=O) groups excluding carboxylic acids is 1. The smallest absolute Gasteiger partial charge is 0.226 e. The van der Waals surface area contributed by atoms with Gasteiger partial charge < -0.3 is 15.4 Å². The molecule has 0 fully saturated rings. The van der Waals surface area contributed by atoms with Crippen LogP contribution in [0.5, 0.6) is 5.75 Å². The van der Waals surface area contributed by atoms with Crippen LogP contribution in [0.3, 0.4) is 0 Å². The van der Waals surface area contributed by atoms with Gasteiger partial charge in [-0.2, -0.15) is 0 Å². The predicted octanol–water partition coefficient (Wildman–Crippen LogP) is 6.26. The Bertz CT molecular complexity index is 986. The van der Waals surface area contributed by atoms with Crippen molar-refractivity contribution in [3.05, 3.63) is 88.7 Å². The first-order valence-corrected chi connectivity index (χ1v) is 10.1. The highest BCUT2D eigenvalue weighted by Gasteiger charge is 2.08. The average Bonchev–Trinajstić information content (AvgIpc) is 2.73. The molecule has 0 bridgehead atoms. The van der Waals surface area contributed by atoms with Gasteiger partial charge in [-0.1, -0.05) is 43.6 Å². The van der Waals surface area contributed by atoms with Crippen LogP contribution >= 0.6 is 11.6 Å². The molecule has 3 aromatic carbocycles. The fourth-order valence-electron chi connectivity index (χ4n) is 2.73. The van der Waals surface area contributed by atoms with Crippen molar-refractivity contribution < 1.29 is 13.9 Å². The van der Waals surface area contributed by atoms with Crippen molar-refractivity contribution in [2.75, 3.05) is 10.6 Å². The third-order valence-electron chi connectivity index (χ3n) is 4.52. The van der Waals surface area contributed by atoms with E-state index in [1.807, 2.05) is 62.4 Å². The first-order valence-electron chi connectivity index (χ1n) is 9.72. The fraction of sp³-hybridized carbons (Fsp3) is 0.208. The molecular weight excluding hydrogens is 403 g/mol. The second-order valence-electron chi connectivity index (χ2n) is 7.21. The van der Waals surface area contributed by atoms with Crippen LogP contribution < -0.4 is 15.4 Å². The minimum absolute atomic E-state index is 0.0100. The fourth-order valence-corrected chi connectivity index (χ4v) is 2.95. The van der Waals surface area contributed by atoms with E-state index >= 15 is 0 Å². The SMILES string of the molecule is CC(C)C(=O)Nc1ccc(NCc2cccc(OCc3c(F)cccc3Cl)c2)cc1. The standard InChI is InChI=1S/C24H24ClFN2O2/c1-16(2)24(29)28-19-11-9-18(10-12-19)27-14-17-5-3-6-20(13-17)30-15-21-22(25)7-4-8-23(21)26/h3-13,16,27H,14-15H2,1-2H3,(H,28,29). The molecule has 0 saturated heterocycles. The van der Waals surface area contributed by atoms with Gasteiger partial charge in [-0.15, -0.1) is 0 Å². The van der Waals surface area contributed by atoms with Crippen molar-refractivity contribution in [1.29, 1.82) is 0 Å². The van der Waals surface area contributed by atoms with Crippen LogP contribution in [0, 0.1) is 11.7 Å². The van der Waals surface area contributed by atoms with E-state index in [1.165, 1.54) is 6.07 Å². The van der Waals surface area contributed by atoms with Crippen LogP contribution in [-0.2, 0) is 17.9 Å². The quantitative estimate of drug-likeness (QED) is 0.446. The normalized spacial score (nSPS) is 10.7. The Morgan fingerprint density at radius 2 is 1.73 bits per heavy atom. The minimum Gasteiger partial charge on any atom is -0.489 e. The van der Waals surface area contributed by atoms with E-state index in [0.717, 1.165) is 16.9 Å². The minimum atomic E-state index is -0.381. The Balaban J connectivity index is 1.56. The van der Waals surface area contributed by atoms with Crippen molar-refractivity contribution in [3.63, 3.8) is 0 Å². The molecule has 0 heterocycles. The van der Waals surface area contributed by atoms with Gasteiger partial charge in [-0.3, -0.25) is 4.79 Å². The average molecular weight is 427 g/mol. The van der Waals surface area contributed by atoms with Crippen LogP contribution in [0.15, 0.2) is 66.7 Å². The Hall–Kier alpha value is -3.05. The topological polar surface area (TPSA) is 50.4 Å². The molecular formula is C24H24ClFN2O2. The zero-order valence-corrected chi connectivity index (χ0v) is 17.7. The molecule has 0 aromatic heterocycles. The summed E-state index contributed by atoms with van der Waals surface area (Å²) in [6, 6.07) is 19.7. The molecule has 4 nitrogen and oxygen atoms in total. The van der Waals surface area contributed by atoms with Crippen molar-refractivity contribution >= 4 is 28.9 Å². The van der Waals surface area contributed by atoms with Crippen molar-refractivity contribution in [2.45, 2.75) is 27.0 Å². The van der Waals surface area contributed by atoms with E-state index in [9.17, 15) is 9.18 Å². The second-order valence-corrected chi connectivity index (χ2v) is 7.62. The number of carbonyl (C=O) groups is 1. The molecule has 3 rings (SSSR count). The van der Waals surface area contributed by atoms with Gasteiger partial charge in [0.05, 0.1) is 5.02 Å². The maximum atomic E-state index is 13.9. The van der Waals surface area contributed by atoms with Crippen LogP contribution in [0.2, 0.25) is 5.02 Å². The van der Waals surface area contributed by atoms with Gasteiger partial charge in [0, 0.05) is 29.4 Å². The predicted molar refractivity (Wildman–Crippen MR) is 119 cm³/mol. The molecule has 0 spiro atoms. The summed E-state index contributed by atoms with van der Waals surface area (Å²) in [5.74, 6) is 0.185. The molecule has 0 aliphatic heterocycles. The summed E-state index contributed by atoms with van der Waals surface area (Å²) >= 11 is 6.05. The molecule has 0 saturated carbocycles. The largest absolute Gasteiger partial charge is 0.489 e. The molecule has 0 aliphatic carbocycles. The van der Waals surface area contributed by atoms with Crippen molar-refractivity contribution in [2.24, 2.45) is 5.92 Å². The lowest BCUT2D eigenvalue weighted by atomic mass is 10.2. The van der Waals surface area contributed by atoms with E-state index in [-0.39, 0.29) is 24.2 Å². The maximum Gasteiger partial charge on any atom is 0.226 e. The zero-order chi connectivity index (χ0) is 21.5. The highest BCUT2D eigenvalue weighted by atomic mass is 35.5. The van der Waals surface area contributed by atoms with E-state index in [2.05, 4.69) is 10.6 Å². The highest BCUT2D eigenvalue weighted by Crippen LogP contribution is 2.22. The summed E-state index contributed by atoms with van der Waals surface area (Å²) in [6.07, 6.45) is 0. The molecule has 0 atom stereocenters. The van der Waals surface area contributed by atoms with Crippen LogP contribution in [0.25, 0.3) is 0 Å². The second kappa shape index (κ2) is 10.1. The molecule has 1 amide bonds. The Morgan fingerprint density at radius 3 is 2.43 bits per heavy atom. The summed E-state index contributed by atoms with van der Waals surface area (Å²) in [7, 11) is 0. The van der Waals surface area contributed by atoms with Gasteiger partial charge in [0.1, 0.15) is 18.2 Å². The highest BCUT2D eigenvalue weighted by molar-refractivity contribution is 6.31. The molecule has 3 aromatic rings. The van der Waals surface area contributed by atoms with Gasteiger partial charge in [0.2, 0.25) is 5.91 Å². The summed E-state index contributed by atoms with van der Waals surface area (Å²) in [5, 5.41) is 6.55. The number of halogens is 2. The Labute approximate surface area is 181 Å². The number of anilines is 2. The monoisotopic (exact) mass is 426 g/mol. The first kappa shape index (κ1) is 21.7. The lowest BCUT2D eigenvalue weighted by Crippen LogP contribution is -2.17. The molecule has 0 aliphatic rings. The van der Waals surface area contributed by atoms with E-state index in [0.29, 0.717) is 22.9 Å². The third-order valence-corrected chi connectivity index (χ3v) is 4.87. The van der Waals surface area contributed by atoms with Crippen LogP contribution in [-0.4, -0.2) is 5.91 Å². The van der Waals surface area contributed by atoms with E-state index in [1.54, 1.807) is 12.1 Å². The lowest BCUT2D eigenvalue weighted by Gasteiger charge is -2.12. The molecule has 0 radical (unpaired) electrons. The van der Waals surface area contributed by atoms with Gasteiger partial charge in [-0.05, 0) is 54.1 Å². The maximum absolute atomic E-state index is 13.9. The number of benzene rings is 3. The summed E-state index contributed by atoms with van der Waals surface area (Å²) in [5.41, 5.74) is 3.06. The number of hydrogen-bond acceptors (Lipinski definition) is 3. The van der Waals surface area contributed by atoms with Gasteiger partial charge >= 0.3 is 0 Å². The molecule has 0 unspecified atom stereocenters. The van der Waals surface area contributed by atoms with Crippen molar-refractivity contribution in [1.82, 2.24) is 0 Å². The summed E-state index contributed by atoms with van der Waals surface area (Å²) < 4.78 is 19.6. The van der Waals surface area contributed by atoms with Crippen LogP contribution in [0.4, 0.5) is 15.8 Å². The molecule has 6 heteroatoms. The molecule has 2 N–H and O–H groups in total. The van der Waals surface area contributed by atoms with Crippen molar-refractivity contribution in [3.8, 4) is 5.75 Å². The Morgan fingerprint density at radius 1 is 1.03 bits per heavy atom. The number of ether oxygens (including phenoxy) is 1. The summed E-state index contributed by atoms with van der Waals surface area (Å²) in [6.45, 7) is 4.36. The van der Waals surface area contributed by atoms with Gasteiger partial charge in [0.15, 0.2) is 0 Å². The van der Waals surface area contributed by atoms with E-state index in [4.69, 9.17) is 16.3 Å². The molecule has 156 valence electrons. The first-order chi connectivity index (χ1) is 14.4. The number of amides is 1. The summed E-state index contributed by atoms with van der Waals surface area (Å²) in [4.78, 5) is 11.8. The van der Waals surface area contributed by atoms with Gasteiger partial charge in [0.25, 0.3) is 0 Å². The number of hydrogen-bond donors (Lipinski definition) is 2. The third kappa shape index (κ3) is 5.97. The number of nitrogens with one attached hydrogen (secondary N) is 2. The lowest BCUT2D eigenvalue weighted by molar-refractivity contribution is -0.118. The van der Waals surface area contributed by atoms with Gasteiger partial charge in [-0.25, -0.2) is 4.39 Å². The number of rotatable bonds is 8.